The third-order valence-corrected chi connectivity index (χ3v) is 4.73. The Bertz CT molecular complexity index is 782. The predicted molar refractivity (Wildman–Crippen MR) is 92.7 cm³/mol. The van der Waals surface area contributed by atoms with Crippen molar-refractivity contribution in [2.45, 2.75) is 19.9 Å². The number of anilines is 2. The van der Waals surface area contributed by atoms with Gasteiger partial charge in [-0.2, -0.15) is 4.98 Å². The molecule has 0 spiro atoms. The number of nitrogens with two attached hydrogens (primary N) is 1. The lowest BCUT2D eigenvalue weighted by Crippen LogP contribution is -2.09. The number of nitrogens with zero attached hydrogens (tertiary/aromatic N) is 2. The summed E-state index contributed by atoms with van der Waals surface area (Å²) in [5.74, 6) is 1.09. The number of aryl methyl sites for hydroxylation is 1. The molecule has 1 unspecified atom stereocenters. The molecule has 0 amide bonds. The minimum atomic E-state index is 0.135. The first-order valence-electron chi connectivity index (χ1n) is 6.58. The van der Waals surface area contributed by atoms with Gasteiger partial charge < -0.3 is 11.1 Å². The Morgan fingerprint density at radius 2 is 1.95 bits per heavy atom. The second kappa shape index (κ2) is 5.61. The first-order valence-corrected chi connectivity index (χ1v) is 8.19. The van der Waals surface area contributed by atoms with Crippen LogP contribution >= 0.6 is 27.3 Å². The molecule has 3 aromatic rings. The molecule has 0 aliphatic carbocycles. The van der Waals surface area contributed by atoms with Gasteiger partial charge in [0, 0.05) is 15.4 Å². The molecule has 0 aliphatic rings. The molecular weight excluding hydrogens is 348 g/mol. The third-order valence-electron chi connectivity index (χ3n) is 3.26. The quantitative estimate of drug-likeness (QED) is 0.718. The lowest BCUT2D eigenvalue weighted by Gasteiger charge is -2.16. The van der Waals surface area contributed by atoms with Crippen LogP contribution in [0.2, 0.25) is 0 Å². The van der Waals surface area contributed by atoms with Gasteiger partial charge in [-0.1, -0.05) is 28.1 Å². The summed E-state index contributed by atoms with van der Waals surface area (Å²) >= 11 is 5.08. The van der Waals surface area contributed by atoms with Gasteiger partial charge in [-0.25, -0.2) is 4.98 Å². The minimum absolute atomic E-state index is 0.135. The average molecular weight is 363 g/mol. The fourth-order valence-corrected chi connectivity index (χ4v) is 3.36. The normalized spacial score (nSPS) is 12.5. The van der Waals surface area contributed by atoms with E-state index in [4.69, 9.17) is 5.73 Å². The van der Waals surface area contributed by atoms with E-state index in [1.54, 1.807) is 11.3 Å². The molecule has 3 N–H and O–H groups in total. The fraction of sp³-hybridized carbons (Fsp3) is 0.200. The zero-order valence-electron chi connectivity index (χ0n) is 11.7. The number of hydrogen-bond acceptors (Lipinski definition) is 5. The Morgan fingerprint density at radius 1 is 1.24 bits per heavy atom. The summed E-state index contributed by atoms with van der Waals surface area (Å²) in [5.41, 5.74) is 7.00. The highest BCUT2D eigenvalue weighted by atomic mass is 79.9. The van der Waals surface area contributed by atoms with E-state index in [0.29, 0.717) is 5.95 Å². The second-order valence-corrected chi connectivity index (χ2v) is 7.07. The second-order valence-electron chi connectivity index (χ2n) is 4.92. The van der Waals surface area contributed by atoms with Crippen molar-refractivity contribution in [2.24, 2.45) is 0 Å². The molecule has 0 saturated heterocycles. The molecule has 21 heavy (non-hydrogen) atoms. The molecule has 0 fully saturated rings. The van der Waals surface area contributed by atoms with Crippen molar-refractivity contribution in [2.75, 3.05) is 11.1 Å². The van der Waals surface area contributed by atoms with Gasteiger partial charge in [0.25, 0.3) is 0 Å². The lowest BCUT2D eigenvalue weighted by molar-refractivity contribution is 0.876. The molecule has 1 aromatic carbocycles. The van der Waals surface area contributed by atoms with Crippen LogP contribution in [0.5, 0.6) is 0 Å². The SMILES string of the molecule is Cc1cc2c(NC(C)c3ccc(Br)cc3)nc(N)nc2s1. The number of aromatic nitrogens is 2. The average Bonchev–Trinajstić information content (AvgIpc) is 2.79. The Kier molecular flexibility index (Phi) is 3.82. The summed E-state index contributed by atoms with van der Waals surface area (Å²) in [6.07, 6.45) is 0. The number of hydrogen-bond donors (Lipinski definition) is 2. The van der Waals surface area contributed by atoms with E-state index in [1.165, 1.54) is 10.4 Å². The van der Waals surface area contributed by atoms with E-state index in [1.807, 2.05) is 12.1 Å². The highest BCUT2D eigenvalue weighted by Gasteiger charge is 2.12. The third kappa shape index (κ3) is 3.01. The molecule has 1 atom stereocenters. The van der Waals surface area contributed by atoms with Crippen LogP contribution < -0.4 is 11.1 Å². The Balaban J connectivity index is 1.95. The van der Waals surface area contributed by atoms with Crippen molar-refractivity contribution >= 4 is 49.2 Å². The van der Waals surface area contributed by atoms with E-state index in [2.05, 4.69) is 63.3 Å². The van der Waals surface area contributed by atoms with Crippen LogP contribution in [0.15, 0.2) is 34.8 Å². The number of fused-ring (bicyclic) bond motifs is 1. The highest BCUT2D eigenvalue weighted by Crippen LogP contribution is 2.31. The largest absolute Gasteiger partial charge is 0.368 e. The summed E-state index contributed by atoms with van der Waals surface area (Å²) < 4.78 is 1.07. The fourth-order valence-electron chi connectivity index (χ4n) is 2.21. The Hall–Kier alpha value is -1.66. The maximum atomic E-state index is 5.81. The van der Waals surface area contributed by atoms with Crippen molar-refractivity contribution in [1.82, 2.24) is 9.97 Å². The van der Waals surface area contributed by atoms with Gasteiger partial charge in [-0.05, 0) is 37.6 Å². The monoisotopic (exact) mass is 362 g/mol. The van der Waals surface area contributed by atoms with Crippen LogP contribution in [-0.4, -0.2) is 9.97 Å². The van der Waals surface area contributed by atoms with Crippen molar-refractivity contribution in [3.63, 3.8) is 0 Å². The topological polar surface area (TPSA) is 63.8 Å². The van der Waals surface area contributed by atoms with Crippen LogP contribution in [0.3, 0.4) is 0 Å². The van der Waals surface area contributed by atoms with Gasteiger partial charge in [0.1, 0.15) is 10.6 Å². The number of halogens is 1. The van der Waals surface area contributed by atoms with E-state index >= 15 is 0 Å². The van der Waals surface area contributed by atoms with Crippen molar-refractivity contribution in [3.05, 3.63) is 45.2 Å². The number of nitrogens with one attached hydrogen (secondary N) is 1. The van der Waals surface area contributed by atoms with Crippen LogP contribution in [-0.2, 0) is 0 Å². The standard InChI is InChI=1S/C15H15BrN4S/c1-8-7-12-13(19-15(17)20-14(12)21-8)18-9(2)10-3-5-11(16)6-4-10/h3-7,9H,1-2H3,(H3,17,18,19,20). The van der Waals surface area contributed by atoms with E-state index < -0.39 is 0 Å². The van der Waals surface area contributed by atoms with Crippen molar-refractivity contribution in [1.29, 1.82) is 0 Å². The Morgan fingerprint density at radius 3 is 2.67 bits per heavy atom. The molecule has 0 aliphatic heterocycles. The zero-order chi connectivity index (χ0) is 15.0. The summed E-state index contributed by atoms with van der Waals surface area (Å²) in [6, 6.07) is 10.5. The van der Waals surface area contributed by atoms with Gasteiger partial charge in [-0.3, -0.25) is 0 Å². The number of thiophene rings is 1. The van der Waals surface area contributed by atoms with Gasteiger partial charge in [0.15, 0.2) is 0 Å². The molecule has 0 radical (unpaired) electrons. The van der Waals surface area contributed by atoms with Gasteiger partial charge in [-0.15, -0.1) is 11.3 Å². The number of benzene rings is 1. The first-order chi connectivity index (χ1) is 10.0. The smallest absolute Gasteiger partial charge is 0.223 e. The van der Waals surface area contributed by atoms with Crippen molar-refractivity contribution in [3.8, 4) is 0 Å². The maximum Gasteiger partial charge on any atom is 0.223 e. The zero-order valence-corrected chi connectivity index (χ0v) is 14.1. The Labute approximate surface area is 135 Å². The molecule has 2 aromatic heterocycles. The highest BCUT2D eigenvalue weighted by molar-refractivity contribution is 9.10. The summed E-state index contributed by atoms with van der Waals surface area (Å²) in [7, 11) is 0. The van der Waals surface area contributed by atoms with Gasteiger partial charge in [0.2, 0.25) is 5.95 Å². The molecule has 3 rings (SSSR count). The first kappa shape index (κ1) is 14.3. The van der Waals surface area contributed by atoms with Crippen LogP contribution in [0.1, 0.15) is 23.4 Å². The lowest BCUT2D eigenvalue weighted by atomic mass is 10.1. The molecule has 108 valence electrons. The van der Waals surface area contributed by atoms with Crippen molar-refractivity contribution < 1.29 is 0 Å². The minimum Gasteiger partial charge on any atom is -0.368 e. The van der Waals surface area contributed by atoms with E-state index in [-0.39, 0.29) is 6.04 Å². The predicted octanol–water partition coefficient (Wildman–Crippen LogP) is 4.52. The molecule has 6 heteroatoms. The summed E-state index contributed by atoms with van der Waals surface area (Å²) in [6.45, 7) is 4.16. The number of nitrogen functional groups attached to an aromatic ring is 1. The summed E-state index contributed by atoms with van der Waals surface area (Å²) in [5, 5.41) is 4.46. The molecule has 0 saturated carbocycles. The maximum absolute atomic E-state index is 5.81. The van der Waals surface area contributed by atoms with Gasteiger partial charge in [0.05, 0.1) is 5.39 Å². The van der Waals surface area contributed by atoms with Gasteiger partial charge >= 0.3 is 0 Å². The van der Waals surface area contributed by atoms with Crippen LogP contribution in [0.25, 0.3) is 10.2 Å². The molecule has 4 nitrogen and oxygen atoms in total. The molecular formula is C15H15BrN4S. The van der Waals surface area contributed by atoms with Crippen LogP contribution in [0, 0.1) is 6.92 Å². The van der Waals surface area contributed by atoms with E-state index in [0.717, 1.165) is 20.5 Å². The van der Waals surface area contributed by atoms with Crippen LogP contribution in [0.4, 0.5) is 11.8 Å². The summed E-state index contributed by atoms with van der Waals surface area (Å²) in [4.78, 5) is 10.8. The van der Waals surface area contributed by atoms with E-state index in [9.17, 15) is 0 Å². The molecule has 0 bridgehead atoms. The number of rotatable bonds is 3. The molecule has 2 heterocycles.